The Kier molecular flexibility index (Phi) is 4.27. The third-order valence-electron chi connectivity index (χ3n) is 3.12. The molecule has 1 heterocycles. The number of thioether (sulfide) groups is 1. The average molecular weight is 236 g/mol. The molecule has 1 aromatic rings. The number of nitrogens with two attached hydrogens (primary N) is 1. The molecule has 88 valence electrons. The van der Waals surface area contributed by atoms with Gasteiger partial charge >= 0.3 is 0 Å². The molecule has 1 atom stereocenters. The van der Waals surface area contributed by atoms with E-state index in [1.165, 1.54) is 29.2 Å². The molecule has 1 saturated heterocycles. The first-order chi connectivity index (χ1) is 7.79. The Morgan fingerprint density at radius 2 is 2.25 bits per heavy atom. The summed E-state index contributed by atoms with van der Waals surface area (Å²) in [5.74, 6) is 2.53. The van der Waals surface area contributed by atoms with Gasteiger partial charge in [0, 0.05) is 37.2 Å². The zero-order chi connectivity index (χ0) is 11.4. The van der Waals surface area contributed by atoms with Gasteiger partial charge in [-0.05, 0) is 18.1 Å². The van der Waals surface area contributed by atoms with Crippen molar-refractivity contribution in [2.45, 2.75) is 26.1 Å². The van der Waals surface area contributed by atoms with Gasteiger partial charge in [0.1, 0.15) is 0 Å². The van der Waals surface area contributed by atoms with Crippen molar-refractivity contribution in [1.82, 2.24) is 4.90 Å². The van der Waals surface area contributed by atoms with Crippen LogP contribution in [0, 0.1) is 0 Å². The molecule has 0 aliphatic carbocycles. The molecule has 0 amide bonds. The van der Waals surface area contributed by atoms with Gasteiger partial charge in [0.25, 0.3) is 0 Å². The van der Waals surface area contributed by atoms with Crippen LogP contribution in [-0.2, 0) is 13.1 Å². The molecule has 1 aliphatic heterocycles. The van der Waals surface area contributed by atoms with Crippen LogP contribution in [0.1, 0.15) is 18.1 Å². The fraction of sp³-hybridized carbons (Fsp3) is 0.538. The van der Waals surface area contributed by atoms with Gasteiger partial charge in [0.15, 0.2) is 0 Å². The zero-order valence-electron chi connectivity index (χ0n) is 9.86. The van der Waals surface area contributed by atoms with Crippen molar-refractivity contribution in [3.05, 3.63) is 35.4 Å². The summed E-state index contributed by atoms with van der Waals surface area (Å²) in [6, 6.07) is 9.34. The van der Waals surface area contributed by atoms with E-state index in [-0.39, 0.29) is 0 Å². The van der Waals surface area contributed by atoms with E-state index in [0.717, 1.165) is 6.54 Å². The molecule has 0 aromatic heterocycles. The van der Waals surface area contributed by atoms with Crippen LogP contribution in [0.3, 0.4) is 0 Å². The molecule has 0 bridgehead atoms. The van der Waals surface area contributed by atoms with Crippen LogP contribution in [0.15, 0.2) is 24.3 Å². The highest BCUT2D eigenvalue weighted by molar-refractivity contribution is 7.99. The molecule has 2 nitrogen and oxygen atoms in total. The molecule has 0 saturated carbocycles. The van der Waals surface area contributed by atoms with Gasteiger partial charge in [0.2, 0.25) is 0 Å². The van der Waals surface area contributed by atoms with Crippen LogP contribution in [0.25, 0.3) is 0 Å². The molecule has 0 spiro atoms. The van der Waals surface area contributed by atoms with E-state index in [1.807, 2.05) is 0 Å². The van der Waals surface area contributed by atoms with Crippen molar-refractivity contribution in [3.8, 4) is 0 Å². The lowest BCUT2D eigenvalue weighted by molar-refractivity contribution is 0.224. The molecule has 1 unspecified atom stereocenters. The molecule has 0 radical (unpaired) electrons. The van der Waals surface area contributed by atoms with E-state index in [9.17, 15) is 0 Å². The van der Waals surface area contributed by atoms with Crippen molar-refractivity contribution in [2.75, 3.05) is 18.1 Å². The van der Waals surface area contributed by atoms with Gasteiger partial charge in [-0.15, -0.1) is 0 Å². The number of nitrogens with zero attached hydrogens (tertiary/aromatic N) is 1. The smallest absolute Gasteiger partial charge is 0.0237 e. The van der Waals surface area contributed by atoms with Gasteiger partial charge < -0.3 is 5.73 Å². The SMILES string of the molecule is CC1CSCCN1Cc1cccc(CN)c1. The maximum atomic E-state index is 5.66. The molecule has 16 heavy (non-hydrogen) atoms. The molecule has 2 N–H and O–H groups in total. The highest BCUT2D eigenvalue weighted by Gasteiger charge is 2.18. The minimum atomic E-state index is 0.638. The number of hydrogen-bond donors (Lipinski definition) is 1. The van der Waals surface area contributed by atoms with E-state index in [1.54, 1.807) is 0 Å². The molecular formula is C13H20N2S. The summed E-state index contributed by atoms with van der Waals surface area (Å²) >= 11 is 2.06. The molecule has 2 rings (SSSR count). The van der Waals surface area contributed by atoms with Gasteiger partial charge in [-0.1, -0.05) is 24.3 Å². The molecule has 1 aliphatic rings. The third-order valence-corrected chi connectivity index (χ3v) is 4.31. The van der Waals surface area contributed by atoms with E-state index in [4.69, 9.17) is 5.73 Å². The van der Waals surface area contributed by atoms with Crippen LogP contribution >= 0.6 is 11.8 Å². The summed E-state index contributed by atoms with van der Waals surface area (Å²) in [6.07, 6.45) is 0. The lowest BCUT2D eigenvalue weighted by Crippen LogP contribution is -2.39. The maximum absolute atomic E-state index is 5.66. The first kappa shape index (κ1) is 12.0. The normalized spacial score (nSPS) is 22.2. The second-order valence-corrected chi connectivity index (χ2v) is 5.57. The summed E-state index contributed by atoms with van der Waals surface area (Å²) in [4.78, 5) is 2.56. The van der Waals surface area contributed by atoms with E-state index in [2.05, 4.69) is 47.9 Å². The maximum Gasteiger partial charge on any atom is 0.0237 e. The van der Waals surface area contributed by atoms with Gasteiger partial charge in [0.05, 0.1) is 0 Å². The Balaban J connectivity index is 2.01. The van der Waals surface area contributed by atoms with Crippen molar-refractivity contribution in [1.29, 1.82) is 0 Å². The highest BCUT2D eigenvalue weighted by atomic mass is 32.2. The summed E-state index contributed by atoms with van der Waals surface area (Å²) in [5, 5.41) is 0. The quantitative estimate of drug-likeness (QED) is 0.871. The van der Waals surface area contributed by atoms with Crippen LogP contribution in [-0.4, -0.2) is 29.0 Å². The van der Waals surface area contributed by atoms with E-state index in [0.29, 0.717) is 12.6 Å². The monoisotopic (exact) mass is 236 g/mol. The lowest BCUT2D eigenvalue weighted by atomic mass is 10.1. The van der Waals surface area contributed by atoms with Crippen LogP contribution < -0.4 is 5.73 Å². The molecular weight excluding hydrogens is 216 g/mol. The molecule has 1 fully saturated rings. The average Bonchev–Trinajstić information content (AvgIpc) is 2.32. The molecule has 3 heteroatoms. The zero-order valence-corrected chi connectivity index (χ0v) is 10.7. The standard InChI is InChI=1S/C13H20N2S/c1-11-10-16-6-5-15(11)9-13-4-2-3-12(7-13)8-14/h2-4,7,11H,5-6,8-10,14H2,1H3. The molecule has 1 aromatic carbocycles. The van der Waals surface area contributed by atoms with Crippen molar-refractivity contribution in [3.63, 3.8) is 0 Å². The van der Waals surface area contributed by atoms with Gasteiger partial charge in [-0.25, -0.2) is 0 Å². The van der Waals surface area contributed by atoms with Crippen molar-refractivity contribution in [2.24, 2.45) is 5.73 Å². The van der Waals surface area contributed by atoms with Gasteiger partial charge in [-0.2, -0.15) is 11.8 Å². The third kappa shape index (κ3) is 3.00. The fourth-order valence-electron chi connectivity index (χ4n) is 2.09. The van der Waals surface area contributed by atoms with E-state index >= 15 is 0 Å². The largest absolute Gasteiger partial charge is 0.326 e. The van der Waals surface area contributed by atoms with E-state index < -0.39 is 0 Å². The first-order valence-corrected chi connectivity index (χ1v) is 7.05. The van der Waals surface area contributed by atoms with Crippen molar-refractivity contribution >= 4 is 11.8 Å². The summed E-state index contributed by atoms with van der Waals surface area (Å²) in [7, 11) is 0. The number of benzene rings is 1. The lowest BCUT2D eigenvalue weighted by Gasteiger charge is -2.33. The summed E-state index contributed by atoms with van der Waals surface area (Å²) in [5.41, 5.74) is 8.29. The number of hydrogen-bond acceptors (Lipinski definition) is 3. The second kappa shape index (κ2) is 5.71. The Labute approximate surface area is 102 Å². The van der Waals surface area contributed by atoms with Crippen LogP contribution in [0.5, 0.6) is 0 Å². The van der Waals surface area contributed by atoms with Crippen molar-refractivity contribution < 1.29 is 0 Å². The Morgan fingerprint density at radius 1 is 1.44 bits per heavy atom. The first-order valence-electron chi connectivity index (χ1n) is 5.89. The highest BCUT2D eigenvalue weighted by Crippen LogP contribution is 2.18. The van der Waals surface area contributed by atoms with Crippen LogP contribution in [0.2, 0.25) is 0 Å². The summed E-state index contributed by atoms with van der Waals surface area (Å²) in [6.45, 7) is 5.23. The predicted molar refractivity (Wildman–Crippen MR) is 71.5 cm³/mol. The summed E-state index contributed by atoms with van der Waals surface area (Å²) < 4.78 is 0. The fourth-order valence-corrected chi connectivity index (χ4v) is 3.17. The Bertz CT molecular complexity index is 340. The minimum absolute atomic E-state index is 0.638. The Hall–Kier alpha value is -0.510. The Morgan fingerprint density at radius 3 is 3.00 bits per heavy atom. The minimum Gasteiger partial charge on any atom is -0.326 e. The van der Waals surface area contributed by atoms with Gasteiger partial charge in [-0.3, -0.25) is 4.90 Å². The number of rotatable bonds is 3. The predicted octanol–water partition coefficient (Wildman–Crippen LogP) is 2.08. The topological polar surface area (TPSA) is 29.3 Å². The van der Waals surface area contributed by atoms with Crippen LogP contribution in [0.4, 0.5) is 0 Å². The second-order valence-electron chi connectivity index (χ2n) is 4.42.